The van der Waals surface area contributed by atoms with Gasteiger partial charge in [-0.2, -0.15) is 0 Å². The minimum absolute atomic E-state index is 0.0936. The maximum Gasteiger partial charge on any atom is 0.220 e. The molecule has 2 atom stereocenters. The fourth-order valence-corrected chi connectivity index (χ4v) is 4.08. The van der Waals surface area contributed by atoms with Gasteiger partial charge in [0.25, 0.3) is 0 Å². The number of unbranched alkanes of at least 4 members (excludes halogenated alkanes) is 13. The molecule has 0 aliphatic heterocycles. The lowest BCUT2D eigenvalue weighted by Gasteiger charge is -2.19. The molecule has 0 saturated carbocycles. The maximum atomic E-state index is 12.2. The molecule has 0 aromatic rings. The van der Waals surface area contributed by atoms with Crippen LogP contribution in [0.15, 0.2) is 48.6 Å². The Hall–Kier alpha value is -1.65. The molecule has 214 valence electrons. The number of allylic oxidation sites excluding steroid dienone is 7. The monoisotopic (exact) mass is 517 g/mol. The molecule has 0 aromatic heterocycles. The van der Waals surface area contributed by atoms with E-state index in [1.165, 1.54) is 64.2 Å². The number of nitrogens with one attached hydrogen (secondary N) is 1. The highest BCUT2D eigenvalue weighted by molar-refractivity contribution is 5.76. The summed E-state index contributed by atoms with van der Waals surface area (Å²) in [5.74, 6) is -0.0936. The Morgan fingerprint density at radius 2 is 1.05 bits per heavy atom. The van der Waals surface area contributed by atoms with E-state index in [4.69, 9.17) is 0 Å². The summed E-state index contributed by atoms with van der Waals surface area (Å²) in [4.78, 5) is 12.2. The highest BCUT2D eigenvalue weighted by atomic mass is 16.3. The van der Waals surface area contributed by atoms with E-state index >= 15 is 0 Å². The standard InChI is InChI=1S/C33H59NO3/c1-3-5-7-9-11-13-15-17-18-20-22-24-26-28-32(36)31(30-35)34-33(37)29-27-25-23-21-19-16-14-12-10-8-6-4-2/h11-14,18,20,26,28,31-32,35-36H,3-10,15-17,19,21-25,27,29-30H2,1-2H3,(H,34,37)/b13-11+,14-12-,20-18+,28-26+. The maximum absolute atomic E-state index is 12.2. The van der Waals surface area contributed by atoms with E-state index in [0.717, 1.165) is 51.4 Å². The van der Waals surface area contributed by atoms with E-state index in [1.54, 1.807) is 6.08 Å². The van der Waals surface area contributed by atoms with Gasteiger partial charge in [-0.05, 0) is 70.6 Å². The zero-order valence-electron chi connectivity index (χ0n) is 24.2. The second kappa shape index (κ2) is 28.9. The summed E-state index contributed by atoms with van der Waals surface area (Å²) in [5, 5.41) is 22.7. The van der Waals surface area contributed by atoms with Crippen molar-refractivity contribution < 1.29 is 15.0 Å². The van der Waals surface area contributed by atoms with Crippen LogP contribution in [0.25, 0.3) is 0 Å². The molecule has 0 heterocycles. The SMILES string of the molecule is CCCCC/C=C\CCCCCCCC(=O)NC(CO)C(O)/C=C/CC/C=C/CC/C=C/CCCCC. The van der Waals surface area contributed by atoms with Crippen LogP contribution in [-0.4, -0.2) is 34.9 Å². The number of hydrogen-bond acceptors (Lipinski definition) is 3. The second-order valence-electron chi connectivity index (χ2n) is 10.1. The molecule has 3 N–H and O–H groups in total. The number of aliphatic hydroxyl groups excluding tert-OH is 2. The first kappa shape index (κ1) is 35.4. The van der Waals surface area contributed by atoms with Crippen molar-refractivity contribution >= 4 is 5.91 Å². The van der Waals surface area contributed by atoms with Crippen LogP contribution in [0.1, 0.15) is 136 Å². The van der Waals surface area contributed by atoms with Crippen LogP contribution in [-0.2, 0) is 4.79 Å². The van der Waals surface area contributed by atoms with Crippen molar-refractivity contribution in [1.29, 1.82) is 0 Å². The molecule has 0 aliphatic carbocycles. The molecule has 4 nitrogen and oxygen atoms in total. The predicted molar refractivity (Wildman–Crippen MR) is 161 cm³/mol. The summed E-state index contributed by atoms with van der Waals surface area (Å²) in [6, 6.07) is -0.646. The topological polar surface area (TPSA) is 69.6 Å². The van der Waals surface area contributed by atoms with E-state index < -0.39 is 12.1 Å². The van der Waals surface area contributed by atoms with Gasteiger partial charge in [0.1, 0.15) is 0 Å². The van der Waals surface area contributed by atoms with Crippen molar-refractivity contribution in [3.8, 4) is 0 Å². The molecule has 0 rings (SSSR count). The van der Waals surface area contributed by atoms with Gasteiger partial charge in [-0.15, -0.1) is 0 Å². The lowest BCUT2D eigenvalue weighted by molar-refractivity contribution is -0.123. The predicted octanol–water partition coefficient (Wildman–Crippen LogP) is 8.50. The van der Waals surface area contributed by atoms with Crippen LogP contribution in [0.3, 0.4) is 0 Å². The van der Waals surface area contributed by atoms with Crippen molar-refractivity contribution in [2.24, 2.45) is 0 Å². The second-order valence-corrected chi connectivity index (χ2v) is 10.1. The molecule has 0 aromatic carbocycles. The summed E-state index contributed by atoms with van der Waals surface area (Å²) in [6.45, 7) is 4.19. The Labute approximate surface area is 229 Å². The normalized spacial score (nSPS) is 13.9. The molecular weight excluding hydrogens is 458 g/mol. The molecule has 0 aliphatic rings. The number of amides is 1. The van der Waals surface area contributed by atoms with Crippen molar-refractivity contribution in [3.05, 3.63) is 48.6 Å². The Morgan fingerprint density at radius 1 is 0.622 bits per heavy atom. The smallest absolute Gasteiger partial charge is 0.220 e. The molecule has 2 unspecified atom stereocenters. The highest BCUT2D eigenvalue weighted by Crippen LogP contribution is 2.09. The lowest BCUT2D eigenvalue weighted by atomic mass is 10.1. The van der Waals surface area contributed by atoms with Crippen molar-refractivity contribution in [3.63, 3.8) is 0 Å². The lowest BCUT2D eigenvalue weighted by Crippen LogP contribution is -2.45. The molecule has 0 radical (unpaired) electrons. The van der Waals surface area contributed by atoms with E-state index in [9.17, 15) is 15.0 Å². The summed E-state index contributed by atoms with van der Waals surface area (Å²) in [6.07, 6.45) is 37.5. The zero-order chi connectivity index (χ0) is 27.2. The van der Waals surface area contributed by atoms with Crippen LogP contribution in [0.5, 0.6) is 0 Å². The first-order valence-electron chi connectivity index (χ1n) is 15.4. The molecular formula is C33H59NO3. The number of aliphatic hydroxyl groups is 2. The molecule has 1 amide bonds. The summed E-state index contributed by atoms with van der Waals surface area (Å²) in [7, 11) is 0. The van der Waals surface area contributed by atoms with Crippen LogP contribution >= 0.6 is 0 Å². The van der Waals surface area contributed by atoms with Crippen molar-refractivity contribution in [2.45, 2.75) is 148 Å². The number of hydrogen-bond donors (Lipinski definition) is 3. The molecule has 0 bridgehead atoms. The van der Waals surface area contributed by atoms with E-state index in [0.29, 0.717) is 6.42 Å². The summed E-state index contributed by atoms with van der Waals surface area (Å²) in [5.41, 5.74) is 0. The van der Waals surface area contributed by atoms with E-state index in [1.807, 2.05) is 6.08 Å². The molecule has 0 fully saturated rings. The number of carbonyl (C=O) groups is 1. The fourth-order valence-electron chi connectivity index (χ4n) is 4.08. The number of rotatable bonds is 26. The summed E-state index contributed by atoms with van der Waals surface area (Å²) < 4.78 is 0. The first-order chi connectivity index (χ1) is 18.2. The zero-order valence-corrected chi connectivity index (χ0v) is 24.2. The first-order valence-corrected chi connectivity index (χ1v) is 15.4. The quantitative estimate of drug-likeness (QED) is 0.0795. The molecule has 37 heavy (non-hydrogen) atoms. The average molecular weight is 518 g/mol. The minimum Gasteiger partial charge on any atom is -0.394 e. The van der Waals surface area contributed by atoms with Gasteiger partial charge in [0.2, 0.25) is 5.91 Å². The van der Waals surface area contributed by atoms with E-state index in [-0.39, 0.29) is 12.5 Å². The third kappa shape index (κ3) is 25.8. The third-order valence-electron chi connectivity index (χ3n) is 6.51. The Bertz CT molecular complexity index is 609. The van der Waals surface area contributed by atoms with Gasteiger partial charge in [-0.25, -0.2) is 0 Å². The third-order valence-corrected chi connectivity index (χ3v) is 6.51. The highest BCUT2D eigenvalue weighted by Gasteiger charge is 2.17. The molecule has 4 heteroatoms. The largest absolute Gasteiger partial charge is 0.394 e. The van der Waals surface area contributed by atoms with Crippen LogP contribution in [0, 0.1) is 0 Å². The van der Waals surface area contributed by atoms with Gasteiger partial charge >= 0.3 is 0 Å². The van der Waals surface area contributed by atoms with Crippen LogP contribution < -0.4 is 5.32 Å². The fraction of sp³-hybridized carbons (Fsp3) is 0.727. The van der Waals surface area contributed by atoms with E-state index in [2.05, 4.69) is 55.6 Å². The molecule has 0 saturated heterocycles. The minimum atomic E-state index is -0.870. The Morgan fingerprint density at radius 3 is 1.57 bits per heavy atom. The van der Waals surface area contributed by atoms with Gasteiger partial charge in [0.15, 0.2) is 0 Å². The van der Waals surface area contributed by atoms with Crippen LogP contribution in [0.2, 0.25) is 0 Å². The Balaban J connectivity index is 3.81. The van der Waals surface area contributed by atoms with Crippen molar-refractivity contribution in [2.75, 3.05) is 6.61 Å². The number of carbonyl (C=O) groups excluding carboxylic acids is 1. The van der Waals surface area contributed by atoms with Gasteiger partial charge in [0, 0.05) is 6.42 Å². The summed E-state index contributed by atoms with van der Waals surface area (Å²) >= 11 is 0. The van der Waals surface area contributed by atoms with Gasteiger partial charge < -0.3 is 15.5 Å². The Kier molecular flexibility index (Phi) is 27.6. The van der Waals surface area contributed by atoms with Gasteiger partial charge in [-0.1, -0.05) is 107 Å². The average Bonchev–Trinajstić information content (AvgIpc) is 2.90. The molecule has 0 spiro atoms. The van der Waals surface area contributed by atoms with Gasteiger partial charge in [0.05, 0.1) is 18.8 Å². The van der Waals surface area contributed by atoms with Crippen LogP contribution in [0.4, 0.5) is 0 Å². The van der Waals surface area contributed by atoms with Crippen molar-refractivity contribution in [1.82, 2.24) is 5.32 Å². The van der Waals surface area contributed by atoms with Gasteiger partial charge in [-0.3, -0.25) is 4.79 Å².